The molecule has 0 spiro atoms. The molecule has 0 bridgehead atoms. The molecular weight excluding hydrogens is 348 g/mol. The largest absolute Gasteiger partial charge is 0.478 e. The number of rotatable bonds is 12. The van der Waals surface area contributed by atoms with Crippen LogP contribution < -0.4 is 10.1 Å². The molecule has 0 saturated heterocycles. The molecule has 0 aromatic carbocycles. The van der Waals surface area contributed by atoms with Crippen LogP contribution in [-0.4, -0.2) is 40.0 Å². The van der Waals surface area contributed by atoms with Gasteiger partial charge in [-0.15, -0.1) is 0 Å². The van der Waals surface area contributed by atoms with Crippen molar-refractivity contribution in [2.24, 2.45) is 0 Å². The zero-order valence-electron chi connectivity index (χ0n) is 12.2. The molecule has 0 radical (unpaired) electrons. The van der Waals surface area contributed by atoms with Crippen molar-refractivity contribution in [3.8, 4) is 5.88 Å². The minimum Gasteiger partial charge on any atom is -0.478 e. The quantitative estimate of drug-likeness (QED) is 0.548. The highest BCUT2D eigenvalue weighted by Crippen LogP contribution is 2.12. The van der Waals surface area contributed by atoms with Crippen LogP contribution in [0.4, 0.5) is 0 Å². The Balaban J connectivity index is 1.86. The molecule has 126 valence electrons. The first-order valence-electron chi connectivity index (χ1n) is 7.04. The molecule has 0 amide bonds. The fraction of sp³-hybridized carbons (Fsp3) is 0.615. The van der Waals surface area contributed by atoms with Crippen molar-refractivity contribution >= 4 is 31.8 Å². The van der Waals surface area contributed by atoms with E-state index in [0.717, 1.165) is 32.2 Å². The average molecular weight is 369 g/mol. The van der Waals surface area contributed by atoms with Gasteiger partial charge in [0.15, 0.2) is 0 Å². The van der Waals surface area contributed by atoms with E-state index in [2.05, 4.69) is 25.7 Å². The average Bonchev–Trinajstić information content (AvgIpc) is 2.45. The molecule has 1 aromatic rings. The van der Waals surface area contributed by atoms with Crippen molar-refractivity contribution in [2.45, 2.75) is 25.7 Å². The summed E-state index contributed by atoms with van der Waals surface area (Å²) >= 11 is 9.93. The van der Waals surface area contributed by atoms with Gasteiger partial charge in [0.25, 0.3) is 9.05 Å². The number of nitrogens with zero attached hydrogens (tertiary/aromatic N) is 1. The van der Waals surface area contributed by atoms with Crippen molar-refractivity contribution < 1.29 is 17.7 Å². The molecule has 0 aliphatic heterocycles. The van der Waals surface area contributed by atoms with E-state index in [0.29, 0.717) is 24.1 Å². The number of hydrogen-bond acceptors (Lipinski definition) is 6. The monoisotopic (exact) mass is 368 g/mol. The molecule has 0 fully saturated rings. The fourth-order valence-electron chi connectivity index (χ4n) is 1.67. The van der Waals surface area contributed by atoms with Gasteiger partial charge in [0.05, 0.1) is 18.2 Å². The van der Waals surface area contributed by atoms with Gasteiger partial charge in [-0.25, -0.2) is 4.98 Å². The maximum Gasteiger partial charge on any atom is 0.266 e. The first-order valence-corrected chi connectivity index (χ1v) is 9.78. The summed E-state index contributed by atoms with van der Waals surface area (Å²) in [5.74, 6) is 0.591. The summed E-state index contributed by atoms with van der Waals surface area (Å²) in [5.41, 5.74) is 0. The van der Waals surface area contributed by atoms with Gasteiger partial charge in [-0.05, 0) is 25.5 Å². The van der Waals surface area contributed by atoms with E-state index >= 15 is 0 Å². The van der Waals surface area contributed by atoms with Crippen molar-refractivity contribution in [1.29, 1.82) is 0 Å². The van der Waals surface area contributed by atoms with Gasteiger partial charge in [0.1, 0.15) is 0 Å². The van der Waals surface area contributed by atoms with E-state index in [1.807, 2.05) is 0 Å². The van der Waals surface area contributed by atoms with Crippen LogP contribution in [0.5, 0.6) is 5.88 Å². The van der Waals surface area contributed by atoms with Gasteiger partial charge >= 0.3 is 0 Å². The standard InChI is InChI=1S/C13H21ClN2O4S2/c14-12-5-6-13(16-11-12)19-9-4-2-1-3-7-15-8-10-20-22(17,18)21/h5-6,11,15H,1-4,7-10H2,(H,17,18,21). The molecule has 1 unspecified atom stereocenters. The molecule has 22 heavy (non-hydrogen) atoms. The van der Waals surface area contributed by atoms with Crippen molar-refractivity contribution in [3.63, 3.8) is 0 Å². The van der Waals surface area contributed by atoms with E-state index in [4.69, 9.17) is 20.9 Å². The van der Waals surface area contributed by atoms with E-state index in [1.54, 1.807) is 18.3 Å². The Morgan fingerprint density at radius 3 is 2.68 bits per heavy atom. The second-order valence-corrected chi connectivity index (χ2v) is 7.37. The highest BCUT2D eigenvalue weighted by Gasteiger charge is 1.98. The highest BCUT2D eigenvalue weighted by molar-refractivity contribution is 8.27. The first kappa shape index (κ1) is 19.5. The van der Waals surface area contributed by atoms with E-state index < -0.39 is 9.05 Å². The van der Waals surface area contributed by atoms with Gasteiger partial charge in [-0.2, -0.15) is 4.21 Å². The summed E-state index contributed by atoms with van der Waals surface area (Å²) in [4.78, 5) is 4.05. The molecule has 1 atom stereocenters. The molecule has 1 rings (SSSR count). The number of nitrogens with one attached hydrogen (secondary N) is 1. The lowest BCUT2D eigenvalue weighted by molar-refractivity contribution is 0.292. The summed E-state index contributed by atoms with van der Waals surface area (Å²) in [6, 6.07) is 3.50. The van der Waals surface area contributed by atoms with E-state index in [9.17, 15) is 4.21 Å². The molecule has 1 aromatic heterocycles. The number of ether oxygens (including phenoxy) is 1. The normalized spacial score (nSPS) is 13.7. The Hall–Kier alpha value is -0.510. The van der Waals surface area contributed by atoms with Gasteiger partial charge in [0.2, 0.25) is 5.88 Å². The number of hydrogen-bond donors (Lipinski definition) is 2. The summed E-state index contributed by atoms with van der Waals surface area (Å²) < 4.78 is 29.4. The van der Waals surface area contributed by atoms with Gasteiger partial charge in [0, 0.05) is 30.0 Å². The van der Waals surface area contributed by atoms with Crippen LogP contribution in [0.15, 0.2) is 18.3 Å². The van der Waals surface area contributed by atoms with Gasteiger partial charge < -0.3 is 10.1 Å². The zero-order chi connectivity index (χ0) is 16.3. The molecule has 2 N–H and O–H groups in total. The maximum atomic E-state index is 10.6. The van der Waals surface area contributed by atoms with Crippen molar-refractivity contribution in [2.75, 3.05) is 26.3 Å². The zero-order valence-corrected chi connectivity index (χ0v) is 14.6. The Kier molecular flexibility index (Phi) is 9.85. The maximum absolute atomic E-state index is 10.6. The third-order valence-electron chi connectivity index (χ3n) is 2.71. The fourth-order valence-corrected chi connectivity index (χ4v) is 2.28. The third kappa shape index (κ3) is 11.1. The first-order chi connectivity index (χ1) is 10.5. The molecule has 0 aliphatic rings. The lowest BCUT2D eigenvalue weighted by Gasteiger charge is -2.06. The second kappa shape index (κ2) is 11.1. The molecule has 0 saturated carbocycles. The molecule has 9 heteroatoms. The summed E-state index contributed by atoms with van der Waals surface area (Å²) in [6.45, 7) is 2.13. The summed E-state index contributed by atoms with van der Waals surface area (Å²) in [7, 11) is -3.49. The highest BCUT2D eigenvalue weighted by atomic mass is 35.5. The van der Waals surface area contributed by atoms with Crippen LogP contribution in [0.2, 0.25) is 5.02 Å². The number of pyridine rings is 1. The van der Waals surface area contributed by atoms with Crippen molar-refractivity contribution in [1.82, 2.24) is 10.3 Å². The second-order valence-electron chi connectivity index (χ2n) is 4.58. The minimum absolute atomic E-state index is 0.140. The topological polar surface area (TPSA) is 80.7 Å². The van der Waals surface area contributed by atoms with Crippen LogP contribution in [0.25, 0.3) is 0 Å². The Bertz CT molecular complexity index is 511. The summed E-state index contributed by atoms with van der Waals surface area (Å²) in [6.07, 6.45) is 5.72. The van der Waals surface area contributed by atoms with Crippen LogP contribution >= 0.6 is 11.6 Å². The molecule has 1 heterocycles. The van der Waals surface area contributed by atoms with Crippen LogP contribution in [-0.2, 0) is 24.4 Å². The number of aromatic nitrogens is 1. The Morgan fingerprint density at radius 2 is 2.00 bits per heavy atom. The lowest BCUT2D eigenvalue weighted by atomic mass is 10.2. The minimum atomic E-state index is -3.49. The number of halogens is 1. The molecular formula is C13H21ClN2O4S2. The van der Waals surface area contributed by atoms with Crippen LogP contribution in [0.1, 0.15) is 25.7 Å². The smallest absolute Gasteiger partial charge is 0.266 e. The molecule has 0 aliphatic carbocycles. The van der Waals surface area contributed by atoms with Crippen molar-refractivity contribution in [3.05, 3.63) is 23.4 Å². The lowest BCUT2D eigenvalue weighted by Crippen LogP contribution is -2.22. The Labute approximate surface area is 141 Å². The Morgan fingerprint density at radius 1 is 1.23 bits per heavy atom. The van der Waals surface area contributed by atoms with E-state index in [-0.39, 0.29) is 6.61 Å². The summed E-state index contributed by atoms with van der Waals surface area (Å²) in [5, 5.41) is 3.71. The van der Waals surface area contributed by atoms with Crippen LogP contribution in [0.3, 0.4) is 0 Å². The number of unbranched alkanes of at least 4 members (excludes halogenated alkanes) is 3. The predicted molar refractivity (Wildman–Crippen MR) is 90.2 cm³/mol. The molecule has 6 nitrogen and oxygen atoms in total. The SMILES string of the molecule is O=S(O)(=S)OCCNCCCCCCOc1ccc(Cl)cn1. The van der Waals surface area contributed by atoms with E-state index in [1.165, 1.54) is 0 Å². The van der Waals surface area contributed by atoms with Crippen LogP contribution in [0, 0.1) is 0 Å². The predicted octanol–water partition coefficient (Wildman–Crippen LogP) is 2.41. The van der Waals surface area contributed by atoms with Gasteiger partial charge in [-0.1, -0.05) is 24.4 Å². The third-order valence-corrected chi connectivity index (χ3v) is 3.69. The van der Waals surface area contributed by atoms with Gasteiger partial charge in [-0.3, -0.25) is 8.74 Å².